The van der Waals surface area contributed by atoms with Gasteiger partial charge in [-0.1, -0.05) is 35.4 Å². The summed E-state index contributed by atoms with van der Waals surface area (Å²) in [5.41, 5.74) is 8.99. The van der Waals surface area contributed by atoms with Crippen LogP contribution in [0.3, 0.4) is 0 Å². The Labute approximate surface area is 163 Å². The molecule has 3 N–H and O–H groups in total. The first-order valence-corrected chi connectivity index (χ1v) is 9.61. The molecule has 0 aromatic heterocycles. The molecule has 0 aliphatic heterocycles. The molecule has 0 atom stereocenters. The van der Waals surface area contributed by atoms with Crippen LogP contribution in [0.2, 0.25) is 0 Å². The van der Waals surface area contributed by atoms with E-state index in [1.54, 1.807) is 6.07 Å². The molecule has 0 unspecified atom stereocenters. The minimum absolute atomic E-state index is 0.0640. The van der Waals surface area contributed by atoms with E-state index >= 15 is 0 Å². The molecule has 7 heteroatoms. The van der Waals surface area contributed by atoms with Crippen molar-refractivity contribution in [1.29, 1.82) is 0 Å². The molecule has 2 rings (SSSR count). The average molecular weight is 385 g/mol. The Morgan fingerprint density at radius 2 is 1.44 bits per heavy atom. The van der Waals surface area contributed by atoms with Gasteiger partial charge in [-0.15, -0.1) is 11.8 Å². The summed E-state index contributed by atoms with van der Waals surface area (Å²) in [6.07, 6.45) is 0. The van der Waals surface area contributed by atoms with Gasteiger partial charge in [0.2, 0.25) is 11.8 Å². The summed E-state index contributed by atoms with van der Waals surface area (Å²) in [4.78, 5) is 35.8. The van der Waals surface area contributed by atoms with E-state index in [4.69, 9.17) is 0 Å². The Hall–Kier alpha value is -2.80. The molecule has 2 aromatic carbocycles. The van der Waals surface area contributed by atoms with Gasteiger partial charge in [0, 0.05) is 11.3 Å². The van der Waals surface area contributed by atoms with Gasteiger partial charge in [-0.2, -0.15) is 0 Å². The fraction of sp³-hybridized carbons (Fsp3) is 0.250. The predicted molar refractivity (Wildman–Crippen MR) is 109 cm³/mol. The van der Waals surface area contributed by atoms with Crippen LogP contribution in [0.15, 0.2) is 42.5 Å². The van der Waals surface area contributed by atoms with Crippen LogP contribution in [0.5, 0.6) is 0 Å². The third kappa shape index (κ3) is 6.79. The zero-order valence-corrected chi connectivity index (χ0v) is 16.4. The van der Waals surface area contributed by atoms with Gasteiger partial charge in [-0.05, 0) is 44.5 Å². The molecule has 0 saturated heterocycles. The number of aryl methyl sites for hydroxylation is 3. The second-order valence-electron chi connectivity index (χ2n) is 6.23. The number of carbonyl (C=O) groups excluding carboxylic acids is 3. The zero-order valence-electron chi connectivity index (χ0n) is 15.6. The van der Waals surface area contributed by atoms with Crippen molar-refractivity contribution in [2.75, 3.05) is 16.8 Å². The summed E-state index contributed by atoms with van der Waals surface area (Å²) in [5.74, 6) is -0.721. The topological polar surface area (TPSA) is 87.3 Å². The SMILES string of the molecule is Cc1ccc(NC(=O)CSCC(=O)NNC(=O)c2ccc(C)cc2C)cc1. The molecule has 0 heterocycles. The Bertz CT molecular complexity index is 835. The van der Waals surface area contributed by atoms with Crippen molar-refractivity contribution in [1.82, 2.24) is 10.9 Å². The van der Waals surface area contributed by atoms with Gasteiger partial charge in [0.15, 0.2) is 0 Å². The fourth-order valence-electron chi connectivity index (χ4n) is 2.37. The van der Waals surface area contributed by atoms with E-state index in [9.17, 15) is 14.4 Å². The molecule has 27 heavy (non-hydrogen) atoms. The third-order valence-corrected chi connectivity index (χ3v) is 4.68. The first kappa shape index (κ1) is 20.5. The number of anilines is 1. The van der Waals surface area contributed by atoms with E-state index in [0.29, 0.717) is 5.56 Å². The maximum Gasteiger partial charge on any atom is 0.269 e. The zero-order chi connectivity index (χ0) is 19.8. The summed E-state index contributed by atoms with van der Waals surface area (Å²) in [6, 6.07) is 12.9. The quantitative estimate of drug-likeness (QED) is 0.667. The Balaban J connectivity index is 1.69. The van der Waals surface area contributed by atoms with Crippen molar-refractivity contribution in [2.24, 2.45) is 0 Å². The summed E-state index contributed by atoms with van der Waals surface area (Å²) in [6.45, 7) is 5.76. The first-order valence-electron chi connectivity index (χ1n) is 8.46. The number of nitrogens with one attached hydrogen (secondary N) is 3. The summed E-state index contributed by atoms with van der Waals surface area (Å²) < 4.78 is 0. The standard InChI is InChI=1S/C20H23N3O3S/c1-13-4-7-16(8-5-13)21-18(24)11-27-12-19(25)22-23-20(26)17-9-6-14(2)10-15(17)3/h4-10H,11-12H2,1-3H3,(H,21,24)(H,22,25)(H,23,26). The molecule has 0 aliphatic carbocycles. The van der Waals surface area contributed by atoms with Gasteiger partial charge in [0.05, 0.1) is 11.5 Å². The van der Waals surface area contributed by atoms with Gasteiger partial charge in [0.1, 0.15) is 0 Å². The number of hydrogen-bond donors (Lipinski definition) is 3. The van der Waals surface area contributed by atoms with E-state index in [2.05, 4.69) is 16.2 Å². The molecule has 0 bridgehead atoms. The summed E-state index contributed by atoms with van der Waals surface area (Å²) in [5, 5.41) is 2.76. The average Bonchev–Trinajstić information content (AvgIpc) is 2.61. The lowest BCUT2D eigenvalue weighted by molar-refractivity contribution is -0.119. The molecule has 0 spiro atoms. The van der Waals surface area contributed by atoms with Gasteiger partial charge in [-0.3, -0.25) is 25.2 Å². The molecule has 0 fully saturated rings. The highest BCUT2D eigenvalue weighted by Crippen LogP contribution is 2.11. The van der Waals surface area contributed by atoms with Crippen molar-refractivity contribution < 1.29 is 14.4 Å². The van der Waals surface area contributed by atoms with E-state index < -0.39 is 0 Å². The molecular formula is C20H23N3O3S. The van der Waals surface area contributed by atoms with Gasteiger partial charge in [0.25, 0.3) is 5.91 Å². The molecule has 0 aliphatic rings. The Morgan fingerprint density at radius 3 is 2.11 bits per heavy atom. The van der Waals surface area contributed by atoms with Crippen LogP contribution < -0.4 is 16.2 Å². The van der Waals surface area contributed by atoms with Crippen molar-refractivity contribution in [3.8, 4) is 0 Å². The first-order chi connectivity index (χ1) is 12.8. The number of carbonyl (C=O) groups is 3. The predicted octanol–water partition coefficient (Wildman–Crippen LogP) is 2.74. The minimum atomic E-state index is -0.374. The van der Waals surface area contributed by atoms with Gasteiger partial charge >= 0.3 is 0 Å². The number of hydrogen-bond acceptors (Lipinski definition) is 4. The molecule has 142 valence electrons. The molecule has 0 saturated carbocycles. The van der Waals surface area contributed by atoms with E-state index in [1.165, 1.54) is 11.8 Å². The van der Waals surface area contributed by atoms with E-state index in [1.807, 2.05) is 57.2 Å². The van der Waals surface area contributed by atoms with Crippen LogP contribution in [0, 0.1) is 20.8 Å². The van der Waals surface area contributed by atoms with Crippen LogP contribution in [0.4, 0.5) is 5.69 Å². The van der Waals surface area contributed by atoms with Crippen molar-refractivity contribution >= 4 is 35.2 Å². The van der Waals surface area contributed by atoms with Crippen LogP contribution >= 0.6 is 11.8 Å². The molecule has 0 radical (unpaired) electrons. The number of benzene rings is 2. The minimum Gasteiger partial charge on any atom is -0.325 e. The van der Waals surface area contributed by atoms with E-state index in [-0.39, 0.29) is 29.2 Å². The summed E-state index contributed by atoms with van der Waals surface area (Å²) >= 11 is 1.17. The lowest BCUT2D eigenvalue weighted by Gasteiger charge is -2.10. The van der Waals surface area contributed by atoms with Crippen molar-refractivity contribution in [3.63, 3.8) is 0 Å². The highest BCUT2D eigenvalue weighted by molar-refractivity contribution is 8.00. The lowest BCUT2D eigenvalue weighted by Crippen LogP contribution is -2.42. The molecular weight excluding hydrogens is 362 g/mol. The second kappa shape index (κ2) is 9.78. The smallest absolute Gasteiger partial charge is 0.269 e. The highest BCUT2D eigenvalue weighted by Gasteiger charge is 2.11. The summed E-state index contributed by atoms with van der Waals surface area (Å²) in [7, 11) is 0. The normalized spacial score (nSPS) is 10.2. The van der Waals surface area contributed by atoms with Crippen LogP contribution in [0.25, 0.3) is 0 Å². The fourth-order valence-corrected chi connectivity index (χ4v) is 2.99. The number of rotatable bonds is 6. The van der Waals surface area contributed by atoms with Crippen molar-refractivity contribution in [3.05, 3.63) is 64.7 Å². The lowest BCUT2D eigenvalue weighted by atomic mass is 10.1. The molecule has 6 nitrogen and oxygen atoms in total. The van der Waals surface area contributed by atoms with E-state index in [0.717, 1.165) is 22.4 Å². The number of thioether (sulfide) groups is 1. The largest absolute Gasteiger partial charge is 0.325 e. The number of hydrazine groups is 1. The maximum absolute atomic E-state index is 12.1. The molecule has 3 amide bonds. The van der Waals surface area contributed by atoms with Crippen molar-refractivity contribution in [2.45, 2.75) is 20.8 Å². The second-order valence-corrected chi connectivity index (χ2v) is 7.21. The van der Waals surface area contributed by atoms with Gasteiger partial charge in [-0.25, -0.2) is 0 Å². The number of amides is 3. The Kier molecular flexibility index (Phi) is 7.43. The Morgan fingerprint density at radius 1 is 0.815 bits per heavy atom. The van der Waals surface area contributed by atoms with Crippen LogP contribution in [-0.4, -0.2) is 29.2 Å². The molecule has 2 aromatic rings. The van der Waals surface area contributed by atoms with Crippen LogP contribution in [-0.2, 0) is 9.59 Å². The highest BCUT2D eigenvalue weighted by atomic mass is 32.2. The maximum atomic E-state index is 12.1. The third-order valence-electron chi connectivity index (χ3n) is 3.74. The van der Waals surface area contributed by atoms with Gasteiger partial charge < -0.3 is 5.32 Å². The monoisotopic (exact) mass is 385 g/mol. The van der Waals surface area contributed by atoms with Crippen LogP contribution in [0.1, 0.15) is 27.0 Å².